The van der Waals surface area contributed by atoms with Crippen LogP contribution in [0.5, 0.6) is 5.75 Å². The van der Waals surface area contributed by atoms with Gasteiger partial charge in [0.2, 0.25) is 5.82 Å². The third kappa shape index (κ3) is 3.62. The average Bonchev–Trinajstić information content (AvgIpc) is 2.34. The van der Waals surface area contributed by atoms with Crippen LogP contribution in [0.4, 0.5) is 10.1 Å². The van der Waals surface area contributed by atoms with E-state index in [-0.39, 0.29) is 11.7 Å². The minimum absolute atomic E-state index is 0.0189. The third-order valence-corrected chi connectivity index (χ3v) is 2.39. The number of hydrogen-bond donors (Lipinski definition) is 2. The number of carbonyl (C=O) groups is 1. The number of nitrogens with one attached hydrogen (secondary N) is 1. The summed E-state index contributed by atoms with van der Waals surface area (Å²) in [6.07, 6.45) is -0.911. The fourth-order valence-electron chi connectivity index (χ4n) is 1.43. The van der Waals surface area contributed by atoms with Crippen molar-refractivity contribution in [1.29, 1.82) is 0 Å². The molecule has 0 radical (unpaired) electrons. The van der Waals surface area contributed by atoms with Crippen LogP contribution in [0, 0.1) is 21.8 Å². The molecule has 3 N–H and O–H groups in total. The number of amides is 1. The number of nitrogens with two attached hydrogens (primary N) is 1. The number of rotatable bonds is 5. The van der Waals surface area contributed by atoms with E-state index in [2.05, 4.69) is 0 Å². The van der Waals surface area contributed by atoms with Gasteiger partial charge in [-0.25, -0.2) is 5.84 Å². The summed E-state index contributed by atoms with van der Waals surface area (Å²) in [6.45, 7) is 3.45. The number of nitro groups is 1. The van der Waals surface area contributed by atoms with Crippen LogP contribution in [-0.4, -0.2) is 16.9 Å². The Balaban J connectivity index is 2.95. The molecule has 0 aliphatic carbocycles. The topological polar surface area (TPSA) is 107 Å². The summed E-state index contributed by atoms with van der Waals surface area (Å²) >= 11 is 0. The highest BCUT2D eigenvalue weighted by molar-refractivity contribution is 5.80. The highest BCUT2D eigenvalue weighted by Gasteiger charge is 2.24. The first-order valence-corrected chi connectivity index (χ1v) is 5.48. The zero-order valence-corrected chi connectivity index (χ0v) is 10.4. The van der Waals surface area contributed by atoms with Gasteiger partial charge in [-0.15, -0.1) is 0 Å². The summed E-state index contributed by atoms with van der Waals surface area (Å²) in [7, 11) is 0. The largest absolute Gasteiger partial charge is 0.480 e. The Morgan fingerprint density at radius 2 is 2.16 bits per heavy atom. The quantitative estimate of drug-likeness (QED) is 0.361. The van der Waals surface area contributed by atoms with Crippen LogP contribution in [0.25, 0.3) is 0 Å². The second-order valence-electron chi connectivity index (χ2n) is 4.16. The van der Waals surface area contributed by atoms with Gasteiger partial charge in [0.1, 0.15) is 5.75 Å². The Morgan fingerprint density at radius 3 is 2.58 bits per heavy atom. The van der Waals surface area contributed by atoms with Crippen LogP contribution < -0.4 is 16.0 Å². The molecule has 0 saturated carbocycles. The van der Waals surface area contributed by atoms with Crippen LogP contribution >= 0.6 is 0 Å². The van der Waals surface area contributed by atoms with Crippen molar-refractivity contribution in [2.45, 2.75) is 20.0 Å². The molecule has 0 bridgehead atoms. The SMILES string of the molecule is CC(C)C(Oc1ccc([N+](=O)[O-])c(F)c1)C(=O)NN. The second kappa shape index (κ2) is 6.10. The van der Waals surface area contributed by atoms with Gasteiger partial charge in [-0.2, -0.15) is 4.39 Å². The van der Waals surface area contributed by atoms with Gasteiger partial charge in [0.05, 0.1) is 4.92 Å². The minimum Gasteiger partial charge on any atom is -0.480 e. The molecule has 1 rings (SSSR count). The minimum atomic E-state index is -1.03. The molecule has 0 spiro atoms. The summed E-state index contributed by atoms with van der Waals surface area (Å²) in [6, 6.07) is 3.06. The first-order chi connectivity index (χ1) is 8.86. The molecule has 7 nitrogen and oxygen atoms in total. The Kier molecular flexibility index (Phi) is 4.76. The Morgan fingerprint density at radius 1 is 1.53 bits per heavy atom. The molecule has 1 amide bonds. The molecular weight excluding hydrogens is 257 g/mol. The molecule has 0 heterocycles. The van der Waals surface area contributed by atoms with Crippen molar-refractivity contribution >= 4 is 11.6 Å². The van der Waals surface area contributed by atoms with E-state index in [9.17, 15) is 19.3 Å². The number of hydrogen-bond acceptors (Lipinski definition) is 5. The van der Waals surface area contributed by atoms with Crippen molar-refractivity contribution in [3.05, 3.63) is 34.1 Å². The van der Waals surface area contributed by atoms with Crippen LogP contribution in [0.1, 0.15) is 13.8 Å². The highest BCUT2D eigenvalue weighted by atomic mass is 19.1. The predicted molar refractivity (Wildman–Crippen MR) is 64.6 cm³/mol. The highest BCUT2D eigenvalue weighted by Crippen LogP contribution is 2.24. The number of benzene rings is 1. The van der Waals surface area contributed by atoms with Crippen LogP contribution in [-0.2, 0) is 4.79 Å². The Hall–Kier alpha value is -2.22. The molecule has 0 saturated heterocycles. The van der Waals surface area contributed by atoms with Crippen LogP contribution in [0.2, 0.25) is 0 Å². The average molecular weight is 271 g/mol. The molecule has 1 aromatic rings. The van der Waals surface area contributed by atoms with Gasteiger partial charge in [-0.3, -0.25) is 20.3 Å². The first kappa shape index (κ1) is 14.8. The molecule has 0 aromatic heterocycles. The van der Waals surface area contributed by atoms with E-state index in [0.717, 1.165) is 12.1 Å². The summed E-state index contributed by atoms with van der Waals surface area (Å²) in [5.41, 5.74) is 1.29. The Bertz CT molecular complexity index is 493. The van der Waals surface area contributed by atoms with Gasteiger partial charge in [0.25, 0.3) is 5.91 Å². The van der Waals surface area contributed by atoms with Crippen molar-refractivity contribution < 1.29 is 18.8 Å². The van der Waals surface area contributed by atoms with Gasteiger partial charge in [0, 0.05) is 12.1 Å². The van der Waals surface area contributed by atoms with Crippen LogP contribution in [0.3, 0.4) is 0 Å². The second-order valence-corrected chi connectivity index (χ2v) is 4.16. The number of carbonyl (C=O) groups excluding carboxylic acids is 1. The molecule has 8 heteroatoms. The van der Waals surface area contributed by atoms with Gasteiger partial charge in [0.15, 0.2) is 6.10 Å². The first-order valence-electron chi connectivity index (χ1n) is 5.48. The maximum Gasteiger partial charge on any atom is 0.305 e. The lowest BCUT2D eigenvalue weighted by atomic mass is 10.1. The van der Waals surface area contributed by atoms with E-state index in [1.807, 2.05) is 5.43 Å². The molecule has 1 atom stereocenters. The molecule has 0 aliphatic rings. The zero-order valence-electron chi connectivity index (χ0n) is 10.4. The van der Waals surface area contributed by atoms with Crippen molar-refractivity contribution in [1.82, 2.24) is 5.43 Å². The number of halogens is 1. The lowest BCUT2D eigenvalue weighted by molar-refractivity contribution is -0.387. The van der Waals surface area contributed by atoms with Gasteiger partial charge in [-0.05, 0) is 12.0 Å². The molecule has 0 fully saturated rings. The standard InChI is InChI=1S/C11H14FN3O4/c1-6(2)10(11(16)14-13)19-7-3-4-9(15(17)18)8(12)5-7/h3-6,10H,13H2,1-2H3,(H,14,16). The fourth-order valence-corrected chi connectivity index (χ4v) is 1.43. The molecular formula is C11H14FN3O4. The number of hydrazine groups is 1. The fraction of sp³-hybridized carbons (Fsp3) is 0.364. The molecule has 104 valence electrons. The number of nitrogens with zero attached hydrogens (tertiary/aromatic N) is 1. The van der Waals surface area contributed by atoms with E-state index >= 15 is 0 Å². The van der Waals surface area contributed by atoms with Gasteiger partial charge in [-0.1, -0.05) is 13.8 Å². The van der Waals surface area contributed by atoms with E-state index in [4.69, 9.17) is 10.6 Å². The van der Waals surface area contributed by atoms with Crippen molar-refractivity contribution in [3.8, 4) is 5.75 Å². The van der Waals surface area contributed by atoms with E-state index < -0.39 is 28.4 Å². The third-order valence-electron chi connectivity index (χ3n) is 2.39. The van der Waals surface area contributed by atoms with E-state index in [1.165, 1.54) is 6.07 Å². The van der Waals surface area contributed by atoms with Gasteiger partial charge < -0.3 is 4.74 Å². The summed E-state index contributed by atoms with van der Waals surface area (Å²) in [5, 5.41) is 10.5. The maximum atomic E-state index is 13.4. The Labute approximate surface area is 108 Å². The maximum absolute atomic E-state index is 13.4. The van der Waals surface area contributed by atoms with E-state index in [1.54, 1.807) is 13.8 Å². The number of ether oxygens (including phenoxy) is 1. The van der Waals surface area contributed by atoms with Crippen molar-refractivity contribution in [3.63, 3.8) is 0 Å². The summed E-state index contributed by atoms with van der Waals surface area (Å²) < 4.78 is 18.7. The molecule has 1 aromatic carbocycles. The van der Waals surface area contributed by atoms with Crippen molar-refractivity contribution in [2.24, 2.45) is 11.8 Å². The molecule has 0 aliphatic heterocycles. The van der Waals surface area contributed by atoms with E-state index in [0.29, 0.717) is 0 Å². The monoisotopic (exact) mass is 271 g/mol. The molecule has 19 heavy (non-hydrogen) atoms. The van der Waals surface area contributed by atoms with Gasteiger partial charge >= 0.3 is 5.69 Å². The molecule has 1 unspecified atom stereocenters. The lowest BCUT2D eigenvalue weighted by Gasteiger charge is -2.20. The number of nitro benzene ring substituents is 1. The summed E-state index contributed by atoms with van der Waals surface area (Å²) in [5.74, 6) is 3.24. The smallest absolute Gasteiger partial charge is 0.305 e. The zero-order chi connectivity index (χ0) is 14.6. The van der Waals surface area contributed by atoms with Crippen molar-refractivity contribution in [2.75, 3.05) is 0 Å². The van der Waals surface area contributed by atoms with Crippen LogP contribution in [0.15, 0.2) is 18.2 Å². The predicted octanol–water partition coefficient (Wildman–Crippen LogP) is 1.13. The normalized spacial score (nSPS) is 12.1. The lowest BCUT2D eigenvalue weighted by Crippen LogP contribution is -2.44. The summed E-state index contributed by atoms with van der Waals surface area (Å²) in [4.78, 5) is 21.1.